The smallest absolute Gasteiger partial charge is 0.325 e. The number of thiocarbonyl (C=S) groups is 1. The van der Waals surface area contributed by atoms with E-state index in [1.54, 1.807) is 13.8 Å². The summed E-state index contributed by atoms with van der Waals surface area (Å²) in [4.78, 5) is 25.8. The van der Waals surface area contributed by atoms with Crippen molar-refractivity contribution in [1.29, 1.82) is 0 Å². The zero-order valence-electron chi connectivity index (χ0n) is 11.5. The first kappa shape index (κ1) is 14.9. The molecule has 1 aliphatic heterocycles. The van der Waals surface area contributed by atoms with Crippen molar-refractivity contribution in [1.82, 2.24) is 10.2 Å². The van der Waals surface area contributed by atoms with E-state index >= 15 is 0 Å². The maximum absolute atomic E-state index is 12.4. The van der Waals surface area contributed by atoms with Crippen LogP contribution in [0.3, 0.4) is 0 Å². The van der Waals surface area contributed by atoms with Crippen LogP contribution in [0.15, 0.2) is 0 Å². The zero-order chi connectivity index (χ0) is 14.3. The highest BCUT2D eigenvalue weighted by atomic mass is 32.1. The number of nitrogens with zero attached hydrogens (tertiary/aromatic N) is 1. The largest absolute Gasteiger partial charge is 0.393 e. The molecule has 0 aromatic rings. The Bertz CT molecular complexity index is 403. The lowest BCUT2D eigenvalue weighted by atomic mass is 9.75. The number of nitrogens with two attached hydrogens (primary N) is 1. The number of hydrogen-bond acceptors (Lipinski definition) is 3. The van der Waals surface area contributed by atoms with Gasteiger partial charge in [0.25, 0.3) is 5.91 Å². The zero-order valence-corrected chi connectivity index (χ0v) is 12.4. The number of urea groups is 1. The molecular formula is C12H21N3O2S. The van der Waals surface area contributed by atoms with Crippen molar-refractivity contribution in [3.05, 3.63) is 0 Å². The number of amides is 3. The van der Waals surface area contributed by atoms with Gasteiger partial charge in [0.2, 0.25) is 0 Å². The second-order valence-electron chi connectivity index (χ2n) is 6.02. The van der Waals surface area contributed by atoms with E-state index in [0.717, 1.165) is 0 Å². The molecule has 6 heteroatoms. The Kier molecular flexibility index (Phi) is 3.72. The van der Waals surface area contributed by atoms with Gasteiger partial charge in [0.1, 0.15) is 5.54 Å². The Balaban J connectivity index is 2.96. The average Bonchev–Trinajstić information content (AvgIpc) is 2.42. The van der Waals surface area contributed by atoms with Crippen LogP contribution in [0.25, 0.3) is 0 Å². The van der Waals surface area contributed by atoms with Gasteiger partial charge in [-0.3, -0.25) is 9.69 Å². The highest BCUT2D eigenvalue weighted by Gasteiger charge is 2.54. The SMILES string of the molecule is CC(CN1C(=O)NC(C)(C(C)(C)C)C1=O)C(N)=S. The number of carbonyl (C=O) groups is 2. The van der Waals surface area contributed by atoms with Gasteiger partial charge in [0, 0.05) is 12.5 Å². The fourth-order valence-corrected chi connectivity index (χ4v) is 1.81. The van der Waals surface area contributed by atoms with Crippen LogP contribution in [0.4, 0.5) is 4.79 Å². The van der Waals surface area contributed by atoms with E-state index in [4.69, 9.17) is 18.0 Å². The highest BCUT2D eigenvalue weighted by molar-refractivity contribution is 7.80. The molecule has 0 radical (unpaired) electrons. The molecule has 3 N–H and O–H groups in total. The van der Waals surface area contributed by atoms with E-state index in [9.17, 15) is 9.59 Å². The molecule has 2 atom stereocenters. The molecule has 0 saturated carbocycles. The molecule has 2 unspecified atom stereocenters. The number of rotatable bonds is 3. The van der Waals surface area contributed by atoms with E-state index in [1.165, 1.54) is 4.90 Å². The van der Waals surface area contributed by atoms with Gasteiger partial charge in [-0.25, -0.2) is 4.79 Å². The Hall–Kier alpha value is -1.17. The summed E-state index contributed by atoms with van der Waals surface area (Å²) in [5.41, 5.74) is 4.27. The van der Waals surface area contributed by atoms with E-state index in [1.807, 2.05) is 20.8 Å². The molecule has 102 valence electrons. The summed E-state index contributed by atoms with van der Waals surface area (Å²) in [5, 5.41) is 2.77. The molecule has 0 aromatic carbocycles. The summed E-state index contributed by atoms with van der Waals surface area (Å²) in [6, 6.07) is -0.375. The van der Waals surface area contributed by atoms with Crippen LogP contribution in [0.2, 0.25) is 0 Å². The monoisotopic (exact) mass is 271 g/mol. The molecule has 18 heavy (non-hydrogen) atoms. The average molecular weight is 271 g/mol. The predicted molar refractivity (Wildman–Crippen MR) is 74.1 cm³/mol. The minimum absolute atomic E-state index is 0.183. The highest BCUT2D eigenvalue weighted by Crippen LogP contribution is 2.35. The third kappa shape index (κ3) is 2.34. The van der Waals surface area contributed by atoms with Crippen molar-refractivity contribution in [2.75, 3.05) is 6.54 Å². The van der Waals surface area contributed by atoms with E-state index in [0.29, 0.717) is 4.99 Å². The quantitative estimate of drug-likeness (QED) is 0.598. The first-order chi connectivity index (χ1) is 8.00. The fourth-order valence-electron chi connectivity index (χ4n) is 1.73. The standard InChI is InChI=1S/C12H21N3O2S/c1-7(8(13)18)6-15-9(16)12(5,11(2,3)4)14-10(15)17/h7H,6H2,1-5H3,(H2,13,18)(H,14,17). The summed E-state index contributed by atoms with van der Waals surface area (Å²) >= 11 is 4.87. The first-order valence-corrected chi connectivity index (χ1v) is 6.35. The molecule has 1 fully saturated rings. The van der Waals surface area contributed by atoms with Crippen molar-refractivity contribution in [3.8, 4) is 0 Å². The molecule has 1 rings (SSSR count). The predicted octanol–water partition coefficient (Wildman–Crippen LogP) is 1.27. The van der Waals surface area contributed by atoms with Crippen LogP contribution >= 0.6 is 12.2 Å². The van der Waals surface area contributed by atoms with Crippen LogP contribution in [0.1, 0.15) is 34.6 Å². The summed E-state index contributed by atoms with van der Waals surface area (Å²) in [6.45, 7) is 9.54. The number of imide groups is 1. The summed E-state index contributed by atoms with van der Waals surface area (Å²) in [5.74, 6) is -0.403. The van der Waals surface area contributed by atoms with E-state index in [-0.39, 0.29) is 29.8 Å². The molecular weight excluding hydrogens is 250 g/mol. The Morgan fingerprint density at radius 1 is 1.50 bits per heavy atom. The van der Waals surface area contributed by atoms with Crippen molar-refractivity contribution >= 4 is 29.1 Å². The maximum Gasteiger partial charge on any atom is 0.325 e. The topological polar surface area (TPSA) is 75.4 Å². The number of carbonyl (C=O) groups excluding carboxylic acids is 2. The van der Waals surface area contributed by atoms with Gasteiger partial charge in [-0.1, -0.05) is 39.9 Å². The second-order valence-corrected chi connectivity index (χ2v) is 6.50. The van der Waals surface area contributed by atoms with Gasteiger partial charge < -0.3 is 11.1 Å². The maximum atomic E-state index is 12.4. The van der Waals surface area contributed by atoms with Gasteiger partial charge in [0.15, 0.2) is 0 Å². The molecule has 1 heterocycles. The Morgan fingerprint density at radius 2 is 2.00 bits per heavy atom. The van der Waals surface area contributed by atoms with Crippen LogP contribution in [0, 0.1) is 11.3 Å². The fraction of sp³-hybridized carbons (Fsp3) is 0.750. The van der Waals surface area contributed by atoms with Gasteiger partial charge in [-0.05, 0) is 12.3 Å². The van der Waals surface area contributed by atoms with Crippen LogP contribution in [-0.2, 0) is 4.79 Å². The first-order valence-electron chi connectivity index (χ1n) is 5.94. The third-order valence-electron chi connectivity index (χ3n) is 3.72. The summed E-state index contributed by atoms with van der Waals surface area (Å²) in [7, 11) is 0. The number of nitrogens with one attached hydrogen (secondary N) is 1. The Labute approximate surface area is 113 Å². The minimum atomic E-state index is -0.889. The lowest BCUT2D eigenvalue weighted by molar-refractivity contribution is -0.134. The summed E-state index contributed by atoms with van der Waals surface area (Å²) < 4.78 is 0. The molecule has 0 aromatic heterocycles. The number of hydrogen-bond donors (Lipinski definition) is 2. The van der Waals surface area contributed by atoms with Gasteiger partial charge in [0.05, 0.1) is 4.99 Å². The van der Waals surface area contributed by atoms with Crippen LogP contribution < -0.4 is 11.1 Å². The normalized spacial score (nSPS) is 26.2. The van der Waals surface area contributed by atoms with Crippen LogP contribution in [0.5, 0.6) is 0 Å². The lowest BCUT2D eigenvalue weighted by Crippen LogP contribution is -2.54. The van der Waals surface area contributed by atoms with E-state index in [2.05, 4.69) is 5.32 Å². The lowest BCUT2D eigenvalue weighted by Gasteiger charge is -2.35. The molecule has 0 aliphatic carbocycles. The molecule has 5 nitrogen and oxygen atoms in total. The summed E-state index contributed by atoms with van der Waals surface area (Å²) in [6.07, 6.45) is 0. The second kappa shape index (κ2) is 4.50. The molecule has 1 saturated heterocycles. The Morgan fingerprint density at radius 3 is 2.33 bits per heavy atom. The van der Waals surface area contributed by atoms with Crippen molar-refractivity contribution in [2.45, 2.75) is 40.2 Å². The molecule has 1 aliphatic rings. The van der Waals surface area contributed by atoms with E-state index < -0.39 is 5.54 Å². The van der Waals surface area contributed by atoms with Gasteiger partial charge in [-0.15, -0.1) is 0 Å². The minimum Gasteiger partial charge on any atom is -0.393 e. The third-order valence-corrected chi connectivity index (χ3v) is 4.12. The van der Waals surface area contributed by atoms with Gasteiger partial charge in [-0.2, -0.15) is 0 Å². The van der Waals surface area contributed by atoms with Gasteiger partial charge >= 0.3 is 6.03 Å². The molecule has 0 spiro atoms. The van der Waals surface area contributed by atoms with Crippen LogP contribution in [-0.4, -0.2) is 33.9 Å². The van der Waals surface area contributed by atoms with Crippen molar-refractivity contribution in [3.63, 3.8) is 0 Å². The molecule has 0 bridgehead atoms. The van der Waals surface area contributed by atoms with Crippen molar-refractivity contribution in [2.24, 2.45) is 17.1 Å². The van der Waals surface area contributed by atoms with Crippen molar-refractivity contribution < 1.29 is 9.59 Å². The molecule has 3 amide bonds.